The highest BCUT2D eigenvalue weighted by Crippen LogP contribution is 2.27. The highest BCUT2D eigenvalue weighted by molar-refractivity contribution is 5.06. The van der Waals surface area contributed by atoms with E-state index in [1.165, 1.54) is 12.8 Å². The van der Waals surface area contributed by atoms with E-state index in [0.29, 0.717) is 11.8 Å². The summed E-state index contributed by atoms with van der Waals surface area (Å²) in [6.07, 6.45) is 13.4. The topological polar surface area (TPSA) is 0 Å². The molecule has 0 aromatic rings. The fourth-order valence-electron chi connectivity index (χ4n) is 1.60. The molecule has 1 rings (SSSR count). The molecule has 0 aromatic carbocycles. The van der Waals surface area contributed by atoms with Gasteiger partial charge in [-0.25, -0.2) is 0 Å². The van der Waals surface area contributed by atoms with Crippen molar-refractivity contribution in [2.45, 2.75) is 19.8 Å². The first-order chi connectivity index (χ1) is 5.38. The fraction of sp³-hybridized carbons (Fsp3) is 0.455. The van der Waals surface area contributed by atoms with Gasteiger partial charge in [0.1, 0.15) is 0 Å². The van der Waals surface area contributed by atoms with Gasteiger partial charge in [-0.05, 0) is 31.6 Å². The molecule has 0 saturated heterocycles. The zero-order valence-electron chi connectivity index (χ0n) is 7.16. The quantitative estimate of drug-likeness (QED) is 0.527. The Kier molecular flexibility index (Phi) is 3.15. The minimum atomic E-state index is 0.663. The molecule has 0 heterocycles. The van der Waals surface area contributed by atoms with Crippen molar-refractivity contribution < 1.29 is 0 Å². The molecular weight excluding hydrogens is 132 g/mol. The van der Waals surface area contributed by atoms with Crippen LogP contribution >= 0.6 is 0 Å². The molecule has 11 heavy (non-hydrogen) atoms. The van der Waals surface area contributed by atoms with Crippen molar-refractivity contribution in [3.8, 4) is 0 Å². The Balaban J connectivity index is 2.60. The monoisotopic (exact) mass is 148 g/mol. The van der Waals surface area contributed by atoms with Crippen LogP contribution in [-0.4, -0.2) is 0 Å². The Labute approximate surface area is 69.3 Å². The van der Waals surface area contributed by atoms with E-state index in [4.69, 9.17) is 0 Å². The van der Waals surface area contributed by atoms with Gasteiger partial charge in [-0.1, -0.05) is 30.4 Å². The third kappa shape index (κ3) is 2.07. The summed E-state index contributed by atoms with van der Waals surface area (Å²) in [5, 5.41) is 0. The first kappa shape index (κ1) is 8.32. The zero-order valence-corrected chi connectivity index (χ0v) is 7.16. The van der Waals surface area contributed by atoms with Gasteiger partial charge in [-0.2, -0.15) is 0 Å². The first-order valence-corrected chi connectivity index (χ1v) is 4.29. The largest absolute Gasteiger partial charge is 0.103 e. The smallest absolute Gasteiger partial charge is 0.0133 e. The van der Waals surface area contributed by atoms with Gasteiger partial charge in [-0.15, -0.1) is 6.58 Å². The Morgan fingerprint density at radius 3 is 2.45 bits per heavy atom. The Morgan fingerprint density at radius 1 is 1.27 bits per heavy atom. The summed E-state index contributed by atoms with van der Waals surface area (Å²) in [6.45, 7) is 5.93. The molecule has 0 N–H and O–H groups in total. The molecular formula is C11H16. The van der Waals surface area contributed by atoms with Gasteiger partial charge in [0.05, 0.1) is 0 Å². The maximum absolute atomic E-state index is 3.85. The van der Waals surface area contributed by atoms with Crippen molar-refractivity contribution >= 4 is 0 Å². The molecule has 0 spiro atoms. The van der Waals surface area contributed by atoms with Gasteiger partial charge in [0, 0.05) is 0 Å². The van der Waals surface area contributed by atoms with Crippen molar-refractivity contribution in [2.24, 2.45) is 11.8 Å². The van der Waals surface area contributed by atoms with Crippen LogP contribution in [0.2, 0.25) is 0 Å². The molecule has 0 saturated carbocycles. The molecule has 0 aliphatic heterocycles. The third-order valence-corrected chi connectivity index (χ3v) is 2.28. The number of rotatable bonds is 2. The lowest BCUT2D eigenvalue weighted by Crippen LogP contribution is -2.11. The second kappa shape index (κ2) is 4.17. The van der Waals surface area contributed by atoms with Crippen LogP contribution in [0.4, 0.5) is 0 Å². The molecule has 0 fully saturated rings. The van der Waals surface area contributed by atoms with Crippen molar-refractivity contribution in [3.63, 3.8) is 0 Å². The summed E-state index contributed by atoms with van der Waals surface area (Å²) in [6, 6.07) is 0. The van der Waals surface area contributed by atoms with E-state index in [1.54, 1.807) is 0 Å². The predicted octanol–water partition coefficient (Wildman–Crippen LogP) is 3.33. The van der Waals surface area contributed by atoms with Gasteiger partial charge in [-0.3, -0.25) is 0 Å². The molecule has 2 atom stereocenters. The lowest BCUT2D eigenvalue weighted by molar-refractivity contribution is 0.465. The Hall–Kier alpha value is -0.780. The van der Waals surface area contributed by atoms with Crippen molar-refractivity contribution in [1.82, 2.24) is 0 Å². The van der Waals surface area contributed by atoms with E-state index in [-0.39, 0.29) is 0 Å². The van der Waals surface area contributed by atoms with Crippen molar-refractivity contribution in [3.05, 3.63) is 37.0 Å². The Morgan fingerprint density at radius 2 is 1.91 bits per heavy atom. The summed E-state index contributed by atoms with van der Waals surface area (Å²) in [7, 11) is 0. The summed E-state index contributed by atoms with van der Waals surface area (Å²) in [5.74, 6) is 1.36. The van der Waals surface area contributed by atoms with E-state index in [1.807, 2.05) is 0 Å². The van der Waals surface area contributed by atoms with Gasteiger partial charge in [0.15, 0.2) is 0 Å². The summed E-state index contributed by atoms with van der Waals surface area (Å²) >= 11 is 0. The standard InChI is InChI=1S/C11H16/c1-3-7-11-9-6-5-8-10(11)4-2/h3-7,10-11H,2,8-9H2,1H3/b7-3+/t10-,11-/m1/s1. The van der Waals surface area contributed by atoms with Crippen LogP contribution in [0.5, 0.6) is 0 Å². The van der Waals surface area contributed by atoms with E-state index >= 15 is 0 Å². The van der Waals surface area contributed by atoms with Crippen LogP contribution in [0.15, 0.2) is 37.0 Å². The normalized spacial score (nSPS) is 31.0. The molecule has 1 aliphatic rings. The minimum absolute atomic E-state index is 0.663. The number of allylic oxidation sites excluding steroid dienone is 5. The van der Waals surface area contributed by atoms with Gasteiger partial charge in [0.2, 0.25) is 0 Å². The van der Waals surface area contributed by atoms with Crippen LogP contribution in [0.25, 0.3) is 0 Å². The third-order valence-electron chi connectivity index (χ3n) is 2.28. The molecule has 0 unspecified atom stereocenters. The minimum Gasteiger partial charge on any atom is -0.103 e. The first-order valence-electron chi connectivity index (χ1n) is 4.29. The van der Waals surface area contributed by atoms with Crippen molar-refractivity contribution in [2.75, 3.05) is 0 Å². The van der Waals surface area contributed by atoms with Crippen LogP contribution in [-0.2, 0) is 0 Å². The molecule has 0 aromatic heterocycles. The summed E-state index contributed by atoms with van der Waals surface area (Å²) in [4.78, 5) is 0. The lowest BCUT2D eigenvalue weighted by Gasteiger charge is -2.22. The van der Waals surface area contributed by atoms with Gasteiger partial charge < -0.3 is 0 Å². The number of hydrogen-bond acceptors (Lipinski definition) is 0. The summed E-state index contributed by atoms with van der Waals surface area (Å²) < 4.78 is 0. The van der Waals surface area contributed by atoms with E-state index < -0.39 is 0 Å². The van der Waals surface area contributed by atoms with Crippen LogP contribution < -0.4 is 0 Å². The Bertz CT molecular complexity index is 174. The maximum atomic E-state index is 3.85. The van der Waals surface area contributed by atoms with Gasteiger partial charge >= 0.3 is 0 Å². The molecule has 0 radical (unpaired) electrons. The zero-order chi connectivity index (χ0) is 8.10. The molecule has 0 nitrogen and oxygen atoms in total. The number of hydrogen-bond donors (Lipinski definition) is 0. The van der Waals surface area contributed by atoms with E-state index in [0.717, 1.165) is 0 Å². The SMILES string of the molecule is C=C[C@@H]1CC=CC[C@H]1/C=C/C. The highest BCUT2D eigenvalue weighted by Gasteiger charge is 2.15. The fourth-order valence-corrected chi connectivity index (χ4v) is 1.60. The molecule has 1 aliphatic carbocycles. The average molecular weight is 148 g/mol. The second-order valence-corrected chi connectivity index (χ2v) is 3.03. The predicted molar refractivity (Wildman–Crippen MR) is 50.4 cm³/mol. The molecule has 60 valence electrons. The lowest BCUT2D eigenvalue weighted by atomic mass is 9.83. The van der Waals surface area contributed by atoms with Crippen LogP contribution in [0.1, 0.15) is 19.8 Å². The van der Waals surface area contributed by atoms with Crippen LogP contribution in [0, 0.1) is 11.8 Å². The highest BCUT2D eigenvalue weighted by atomic mass is 14.2. The molecule has 0 bridgehead atoms. The van der Waals surface area contributed by atoms with Gasteiger partial charge in [0.25, 0.3) is 0 Å². The van der Waals surface area contributed by atoms with E-state index in [2.05, 4.69) is 43.9 Å². The second-order valence-electron chi connectivity index (χ2n) is 3.03. The molecule has 0 amide bonds. The maximum Gasteiger partial charge on any atom is -0.0133 e. The van der Waals surface area contributed by atoms with Crippen LogP contribution in [0.3, 0.4) is 0 Å². The van der Waals surface area contributed by atoms with E-state index in [9.17, 15) is 0 Å². The van der Waals surface area contributed by atoms with Crippen molar-refractivity contribution in [1.29, 1.82) is 0 Å². The summed E-state index contributed by atoms with van der Waals surface area (Å²) in [5.41, 5.74) is 0. The average Bonchev–Trinajstić information content (AvgIpc) is 2.06. The molecule has 0 heteroatoms.